The fraction of sp³-hybridized carbons (Fsp3) is 0.250. The molecule has 0 aromatic carbocycles. The smallest absolute Gasteiger partial charge is 0.383 e. The van der Waals surface area contributed by atoms with Crippen molar-refractivity contribution in [3.63, 3.8) is 0 Å². The van der Waals surface area contributed by atoms with E-state index in [0.717, 1.165) is 0 Å². The molecule has 1 aromatic heterocycles. The van der Waals surface area contributed by atoms with E-state index in [4.69, 9.17) is 11.0 Å². The van der Waals surface area contributed by atoms with E-state index in [9.17, 15) is 22.0 Å². The summed E-state index contributed by atoms with van der Waals surface area (Å²) in [7, 11) is 0. The van der Waals surface area contributed by atoms with Crippen molar-refractivity contribution in [3.05, 3.63) is 22.9 Å². The van der Waals surface area contributed by atoms with Crippen molar-refractivity contribution >= 4 is 5.82 Å². The average molecular weight is 237 g/mol. The minimum Gasteiger partial charge on any atom is -0.383 e. The predicted octanol–water partition coefficient (Wildman–Crippen LogP) is 2.49. The molecule has 0 saturated carbocycles. The van der Waals surface area contributed by atoms with Gasteiger partial charge in [0, 0.05) is 0 Å². The van der Waals surface area contributed by atoms with E-state index >= 15 is 0 Å². The van der Waals surface area contributed by atoms with Crippen LogP contribution >= 0.6 is 0 Å². The van der Waals surface area contributed by atoms with E-state index in [2.05, 4.69) is 4.98 Å². The van der Waals surface area contributed by atoms with Crippen molar-refractivity contribution in [1.29, 1.82) is 5.26 Å². The summed E-state index contributed by atoms with van der Waals surface area (Å²) < 4.78 is 61.3. The Bertz CT molecular complexity index is 446. The molecule has 1 aromatic rings. The number of hydrogen-bond donors (Lipinski definition) is 1. The zero-order valence-corrected chi connectivity index (χ0v) is 7.52. The zero-order chi connectivity index (χ0) is 12.5. The summed E-state index contributed by atoms with van der Waals surface area (Å²) in [6.07, 6.45) is -7.98. The van der Waals surface area contributed by atoms with Crippen LogP contribution in [-0.2, 0) is 6.18 Å². The fourth-order valence-electron chi connectivity index (χ4n) is 1.04. The van der Waals surface area contributed by atoms with E-state index in [1.165, 1.54) is 6.07 Å². The molecule has 0 radical (unpaired) electrons. The van der Waals surface area contributed by atoms with Crippen molar-refractivity contribution in [2.45, 2.75) is 12.6 Å². The van der Waals surface area contributed by atoms with Gasteiger partial charge < -0.3 is 5.73 Å². The summed E-state index contributed by atoms with van der Waals surface area (Å²) in [6.45, 7) is 0. The molecule has 0 saturated heterocycles. The number of nitrogen functional groups attached to an aromatic ring is 1. The molecule has 1 heterocycles. The number of anilines is 1. The molecule has 1 rings (SSSR count). The molecule has 0 aliphatic carbocycles. The van der Waals surface area contributed by atoms with Crippen LogP contribution in [0.2, 0.25) is 0 Å². The van der Waals surface area contributed by atoms with Crippen LogP contribution in [0, 0.1) is 11.3 Å². The van der Waals surface area contributed by atoms with Gasteiger partial charge in [0.25, 0.3) is 6.43 Å². The second kappa shape index (κ2) is 3.92. The van der Waals surface area contributed by atoms with Crippen LogP contribution in [0.4, 0.5) is 27.8 Å². The summed E-state index contributed by atoms with van der Waals surface area (Å²) in [5, 5.41) is 8.45. The Morgan fingerprint density at radius 2 is 1.94 bits per heavy atom. The Balaban J connectivity index is 3.46. The van der Waals surface area contributed by atoms with Crippen molar-refractivity contribution < 1.29 is 22.0 Å². The van der Waals surface area contributed by atoms with Gasteiger partial charge in [-0.05, 0) is 6.07 Å². The van der Waals surface area contributed by atoms with Gasteiger partial charge in [0.05, 0.1) is 17.2 Å². The largest absolute Gasteiger partial charge is 0.433 e. The Morgan fingerprint density at radius 3 is 2.31 bits per heavy atom. The molecule has 0 unspecified atom stereocenters. The number of nitrogens with two attached hydrogens (primary N) is 1. The summed E-state index contributed by atoms with van der Waals surface area (Å²) in [5.41, 5.74) is 1.69. The van der Waals surface area contributed by atoms with Crippen molar-refractivity contribution in [1.82, 2.24) is 4.98 Å². The van der Waals surface area contributed by atoms with Gasteiger partial charge >= 0.3 is 6.18 Å². The third kappa shape index (κ3) is 2.18. The van der Waals surface area contributed by atoms with Gasteiger partial charge in [-0.2, -0.15) is 18.4 Å². The molecular formula is C8H4F5N3. The van der Waals surface area contributed by atoms with Gasteiger partial charge in [0.15, 0.2) is 0 Å². The molecular weight excluding hydrogens is 233 g/mol. The molecule has 0 atom stereocenters. The second-order valence-electron chi connectivity index (χ2n) is 2.76. The lowest BCUT2D eigenvalue weighted by atomic mass is 10.1. The summed E-state index contributed by atoms with van der Waals surface area (Å²) in [4.78, 5) is 2.80. The van der Waals surface area contributed by atoms with E-state index in [1.54, 1.807) is 0 Å². The number of alkyl halides is 5. The van der Waals surface area contributed by atoms with E-state index < -0.39 is 35.2 Å². The molecule has 0 aliphatic heterocycles. The zero-order valence-electron chi connectivity index (χ0n) is 7.52. The molecule has 0 bridgehead atoms. The van der Waals surface area contributed by atoms with Crippen LogP contribution < -0.4 is 5.73 Å². The van der Waals surface area contributed by atoms with Crippen LogP contribution in [-0.4, -0.2) is 4.98 Å². The van der Waals surface area contributed by atoms with Gasteiger partial charge in [-0.25, -0.2) is 13.8 Å². The third-order valence-corrected chi connectivity index (χ3v) is 1.72. The van der Waals surface area contributed by atoms with Crippen LogP contribution in [0.5, 0.6) is 0 Å². The van der Waals surface area contributed by atoms with Crippen LogP contribution in [0.15, 0.2) is 6.07 Å². The van der Waals surface area contributed by atoms with Gasteiger partial charge in [0.1, 0.15) is 11.5 Å². The van der Waals surface area contributed by atoms with Crippen molar-refractivity contribution in [3.8, 4) is 6.07 Å². The average Bonchev–Trinajstić information content (AvgIpc) is 2.14. The van der Waals surface area contributed by atoms with Crippen LogP contribution in [0.1, 0.15) is 23.2 Å². The minimum absolute atomic E-state index is 0.248. The number of aromatic nitrogens is 1. The van der Waals surface area contributed by atoms with Gasteiger partial charge in [-0.15, -0.1) is 0 Å². The number of rotatable bonds is 1. The SMILES string of the molecule is N#Cc1cc(C(F)(F)F)nc(N)c1C(F)F. The topological polar surface area (TPSA) is 62.7 Å². The lowest BCUT2D eigenvalue weighted by Gasteiger charge is -2.10. The van der Waals surface area contributed by atoms with Crippen LogP contribution in [0.25, 0.3) is 0 Å². The van der Waals surface area contributed by atoms with E-state index in [0.29, 0.717) is 0 Å². The summed E-state index contributed by atoms with van der Waals surface area (Å²) in [6, 6.07) is 1.48. The molecule has 8 heteroatoms. The molecule has 2 N–H and O–H groups in total. The van der Waals surface area contributed by atoms with Gasteiger partial charge in [-0.1, -0.05) is 0 Å². The van der Waals surface area contributed by atoms with Gasteiger partial charge in [-0.3, -0.25) is 0 Å². The monoisotopic (exact) mass is 237 g/mol. The maximum atomic E-state index is 12.4. The number of pyridine rings is 1. The Labute approximate surface area is 86.3 Å². The van der Waals surface area contributed by atoms with Crippen LogP contribution in [0.3, 0.4) is 0 Å². The maximum Gasteiger partial charge on any atom is 0.433 e. The van der Waals surface area contributed by atoms with Gasteiger partial charge in [0.2, 0.25) is 0 Å². The summed E-state index contributed by atoms with van der Waals surface area (Å²) in [5.74, 6) is -0.985. The maximum absolute atomic E-state index is 12.4. The molecule has 0 fully saturated rings. The first-order valence-corrected chi connectivity index (χ1v) is 3.83. The number of hydrogen-bond acceptors (Lipinski definition) is 3. The number of halogens is 5. The highest BCUT2D eigenvalue weighted by atomic mass is 19.4. The minimum atomic E-state index is -4.83. The predicted molar refractivity (Wildman–Crippen MR) is 43.3 cm³/mol. The summed E-state index contributed by atoms with van der Waals surface area (Å²) >= 11 is 0. The lowest BCUT2D eigenvalue weighted by Crippen LogP contribution is -2.12. The Hall–Kier alpha value is -1.91. The molecule has 0 aliphatic rings. The second-order valence-corrected chi connectivity index (χ2v) is 2.76. The highest BCUT2D eigenvalue weighted by Crippen LogP contribution is 2.33. The molecule has 0 amide bonds. The Kier molecular flexibility index (Phi) is 2.98. The normalized spacial score (nSPS) is 11.6. The highest BCUT2D eigenvalue weighted by molar-refractivity contribution is 5.52. The quantitative estimate of drug-likeness (QED) is 0.763. The standard InChI is InChI=1S/C8H4F5N3/c9-6(10)5-3(2-14)1-4(8(11,12)13)16-7(5)15/h1,6H,(H2,15,16). The number of nitriles is 1. The van der Waals surface area contributed by atoms with Crippen molar-refractivity contribution in [2.75, 3.05) is 5.73 Å². The molecule has 16 heavy (non-hydrogen) atoms. The van der Waals surface area contributed by atoms with E-state index in [1.807, 2.05) is 0 Å². The van der Waals surface area contributed by atoms with Crippen molar-refractivity contribution in [2.24, 2.45) is 0 Å². The third-order valence-electron chi connectivity index (χ3n) is 1.72. The number of nitrogens with zero attached hydrogens (tertiary/aromatic N) is 2. The highest BCUT2D eigenvalue weighted by Gasteiger charge is 2.35. The fourth-order valence-corrected chi connectivity index (χ4v) is 1.04. The lowest BCUT2D eigenvalue weighted by molar-refractivity contribution is -0.141. The molecule has 0 spiro atoms. The molecule has 86 valence electrons. The first kappa shape index (κ1) is 12.2. The first-order valence-electron chi connectivity index (χ1n) is 3.83. The Morgan fingerprint density at radius 1 is 1.38 bits per heavy atom. The first-order chi connectivity index (χ1) is 7.27. The molecule has 3 nitrogen and oxygen atoms in total. The van der Waals surface area contributed by atoms with E-state index in [-0.39, 0.29) is 6.07 Å².